The van der Waals surface area contributed by atoms with Crippen LogP contribution in [0.4, 0.5) is 4.79 Å². The van der Waals surface area contributed by atoms with E-state index in [4.69, 9.17) is 9.16 Å². The molecule has 4 rings (SSSR count). The Hall–Kier alpha value is -3.69. The van der Waals surface area contributed by atoms with Gasteiger partial charge in [0.1, 0.15) is 0 Å². The summed E-state index contributed by atoms with van der Waals surface area (Å²) >= 11 is 0. The van der Waals surface area contributed by atoms with Crippen molar-refractivity contribution in [2.45, 2.75) is 51.0 Å². The van der Waals surface area contributed by atoms with Gasteiger partial charge in [0.2, 0.25) is 0 Å². The molecule has 9 heteroatoms. The number of carbonyl (C=O) groups is 2. The van der Waals surface area contributed by atoms with E-state index in [2.05, 4.69) is 85.0 Å². The summed E-state index contributed by atoms with van der Waals surface area (Å²) in [5, 5.41) is 12.1. The first kappa shape index (κ1) is 29.3. The van der Waals surface area contributed by atoms with Gasteiger partial charge >= 0.3 is 6.03 Å². The number of aryl methyl sites for hydroxylation is 1. The van der Waals surface area contributed by atoms with Gasteiger partial charge < -0.3 is 14.5 Å². The van der Waals surface area contributed by atoms with Crippen LogP contribution in [0, 0.1) is 0 Å². The maximum Gasteiger partial charge on any atom is 0.321 e. The summed E-state index contributed by atoms with van der Waals surface area (Å²) in [6.07, 6.45) is 5.17. The van der Waals surface area contributed by atoms with Crippen LogP contribution in [-0.2, 0) is 21.0 Å². The Balaban J connectivity index is 1.53. The van der Waals surface area contributed by atoms with E-state index < -0.39 is 20.3 Å². The number of hydrogen-bond donors (Lipinski definition) is 2. The first-order valence-electron chi connectivity index (χ1n) is 13.8. The van der Waals surface area contributed by atoms with Crippen LogP contribution in [0.25, 0.3) is 0 Å². The third-order valence-electron chi connectivity index (χ3n) is 7.56. The SMILES string of the molecule is CCO/C=C/C(=O)NC(=O)NC[C@@H]1C[C@H](CO[Si](c2ccccc2)(c2ccccc2)C(C)(C)C)c2c1cnn2C. The second-order valence-electron chi connectivity index (χ2n) is 11.2. The minimum Gasteiger partial charge on any atom is -0.501 e. The number of nitrogens with one attached hydrogen (secondary N) is 2. The molecule has 212 valence electrons. The molecule has 1 heterocycles. The number of imide groups is 1. The first-order valence-corrected chi connectivity index (χ1v) is 15.7. The molecule has 2 N–H and O–H groups in total. The quantitative estimate of drug-likeness (QED) is 0.223. The van der Waals surface area contributed by atoms with Crippen molar-refractivity contribution >= 4 is 30.6 Å². The van der Waals surface area contributed by atoms with Crippen LogP contribution in [0.5, 0.6) is 0 Å². The highest BCUT2D eigenvalue weighted by Crippen LogP contribution is 2.43. The molecule has 0 aliphatic heterocycles. The average Bonchev–Trinajstić information content (AvgIpc) is 3.49. The van der Waals surface area contributed by atoms with Crippen molar-refractivity contribution in [1.82, 2.24) is 20.4 Å². The summed E-state index contributed by atoms with van der Waals surface area (Å²) in [6, 6.07) is 20.7. The second-order valence-corrected chi connectivity index (χ2v) is 15.5. The monoisotopic (exact) mass is 560 g/mol. The molecule has 3 aromatic rings. The number of nitrogens with zero attached hydrogens (tertiary/aromatic N) is 2. The number of urea groups is 1. The van der Waals surface area contributed by atoms with Crippen molar-refractivity contribution in [2.24, 2.45) is 7.05 Å². The van der Waals surface area contributed by atoms with Crippen LogP contribution in [0.1, 0.15) is 57.2 Å². The lowest BCUT2D eigenvalue weighted by Crippen LogP contribution is -2.66. The Kier molecular flexibility index (Phi) is 9.27. The lowest BCUT2D eigenvalue weighted by molar-refractivity contribution is -0.115. The highest BCUT2D eigenvalue weighted by molar-refractivity contribution is 6.99. The Morgan fingerprint density at radius 2 is 1.68 bits per heavy atom. The van der Waals surface area contributed by atoms with Crippen molar-refractivity contribution in [3.05, 3.63) is 90.5 Å². The number of aromatic nitrogens is 2. The van der Waals surface area contributed by atoms with Crippen LogP contribution in [-0.4, -0.2) is 49.8 Å². The maximum atomic E-state index is 12.4. The predicted octanol–water partition coefficient (Wildman–Crippen LogP) is 3.94. The van der Waals surface area contributed by atoms with Gasteiger partial charge in [-0.1, -0.05) is 81.4 Å². The average molecular weight is 561 g/mol. The molecule has 3 amide bonds. The minimum absolute atomic E-state index is 0.0660. The summed E-state index contributed by atoms with van der Waals surface area (Å²) < 4.78 is 14.2. The molecular weight excluding hydrogens is 520 g/mol. The van der Waals surface area contributed by atoms with E-state index in [-0.39, 0.29) is 16.9 Å². The summed E-state index contributed by atoms with van der Waals surface area (Å²) in [4.78, 5) is 24.3. The number of ether oxygens (including phenoxy) is 1. The molecular formula is C31H40N4O4Si. The number of benzene rings is 2. The molecule has 2 atom stereocenters. The predicted molar refractivity (Wildman–Crippen MR) is 159 cm³/mol. The topological polar surface area (TPSA) is 94.5 Å². The van der Waals surface area contributed by atoms with E-state index >= 15 is 0 Å². The Morgan fingerprint density at radius 3 is 2.25 bits per heavy atom. The third kappa shape index (κ3) is 6.21. The molecule has 1 aliphatic carbocycles. The Morgan fingerprint density at radius 1 is 1.05 bits per heavy atom. The number of rotatable bonds is 10. The van der Waals surface area contributed by atoms with E-state index in [1.54, 1.807) is 0 Å². The largest absolute Gasteiger partial charge is 0.501 e. The molecule has 0 fully saturated rings. The van der Waals surface area contributed by atoms with Gasteiger partial charge in [0.25, 0.3) is 14.2 Å². The molecule has 40 heavy (non-hydrogen) atoms. The van der Waals surface area contributed by atoms with Crippen molar-refractivity contribution in [3.8, 4) is 0 Å². The smallest absolute Gasteiger partial charge is 0.321 e. The van der Waals surface area contributed by atoms with Crippen molar-refractivity contribution in [3.63, 3.8) is 0 Å². The molecule has 8 nitrogen and oxygen atoms in total. The first-order chi connectivity index (χ1) is 19.2. The van der Waals surface area contributed by atoms with Gasteiger partial charge in [0.15, 0.2) is 0 Å². The zero-order valence-corrected chi connectivity index (χ0v) is 25.0. The Labute approximate surface area is 237 Å². The molecule has 0 bridgehead atoms. The summed E-state index contributed by atoms with van der Waals surface area (Å²) in [5.41, 5.74) is 2.25. The highest BCUT2D eigenvalue weighted by atomic mass is 28.4. The van der Waals surface area contributed by atoms with Crippen molar-refractivity contribution < 1.29 is 18.8 Å². The fraction of sp³-hybridized carbons (Fsp3) is 0.387. The fourth-order valence-electron chi connectivity index (χ4n) is 5.81. The lowest BCUT2D eigenvalue weighted by atomic mass is 10.0. The van der Waals surface area contributed by atoms with Crippen LogP contribution < -0.4 is 21.0 Å². The molecule has 0 spiro atoms. The van der Waals surface area contributed by atoms with Crippen LogP contribution in [0.3, 0.4) is 0 Å². The highest BCUT2D eigenvalue weighted by Gasteiger charge is 2.51. The third-order valence-corrected chi connectivity index (χ3v) is 12.6. The number of fused-ring (bicyclic) bond motifs is 1. The van der Waals surface area contributed by atoms with Gasteiger partial charge in [0.05, 0.1) is 19.1 Å². The van der Waals surface area contributed by atoms with E-state index in [1.165, 1.54) is 22.7 Å². The van der Waals surface area contributed by atoms with Crippen LogP contribution >= 0.6 is 0 Å². The fourth-order valence-corrected chi connectivity index (χ4v) is 10.4. The summed E-state index contributed by atoms with van der Waals surface area (Å²) in [6.45, 7) is 10.0. The standard InChI is InChI=1S/C31H40N4O4Si/c1-6-38-18-17-28(36)34-30(37)32-20-23-19-24(29-27(23)21-33-35(29)5)22-39-40(31(2,3)4,25-13-9-7-10-14-25)26-15-11-8-12-16-26/h7-18,21,23-24H,6,19-20,22H2,1-5H3,(H2,32,34,36,37)/b18-17+/t23-,24+/m0/s1. The van der Waals surface area contributed by atoms with Crippen LogP contribution in [0.2, 0.25) is 5.04 Å². The van der Waals surface area contributed by atoms with E-state index in [9.17, 15) is 9.59 Å². The lowest BCUT2D eigenvalue weighted by Gasteiger charge is -2.43. The molecule has 2 aromatic carbocycles. The van der Waals surface area contributed by atoms with Gasteiger partial charge in [-0.15, -0.1) is 0 Å². The zero-order chi connectivity index (χ0) is 28.8. The van der Waals surface area contributed by atoms with E-state index in [1.807, 2.05) is 37.0 Å². The van der Waals surface area contributed by atoms with Crippen LogP contribution in [0.15, 0.2) is 79.2 Å². The number of amides is 3. The zero-order valence-electron chi connectivity index (χ0n) is 24.0. The summed E-state index contributed by atoms with van der Waals surface area (Å²) in [7, 11) is -0.731. The molecule has 0 saturated carbocycles. The van der Waals surface area contributed by atoms with Gasteiger partial charge in [0, 0.05) is 43.8 Å². The van der Waals surface area contributed by atoms with Gasteiger partial charge in [-0.3, -0.25) is 14.8 Å². The molecule has 0 radical (unpaired) electrons. The van der Waals surface area contributed by atoms with Crippen molar-refractivity contribution in [1.29, 1.82) is 0 Å². The van der Waals surface area contributed by atoms with Gasteiger partial charge in [-0.25, -0.2) is 4.79 Å². The molecule has 1 aromatic heterocycles. The maximum absolute atomic E-state index is 12.4. The second kappa shape index (κ2) is 12.7. The molecule has 0 saturated heterocycles. The van der Waals surface area contributed by atoms with Gasteiger partial charge in [-0.2, -0.15) is 5.10 Å². The number of hydrogen-bond acceptors (Lipinski definition) is 5. The van der Waals surface area contributed by atoms with E-state index in [0.29, 0.717) is 19.8 Å². The van der Waals surface area contributed by atoms with Gasteiger partial charge in [-0.05, 0) is 34.3 Å². The van der Waals surface area contributed by atoms with E-state index in [0.717, 1.165) is 17.7 Å². The minimum atomic E-state index is -2.69. The van der Waals surface area contributed by atoms with Crippen molar-refractivity contribution in [2.75, 3.05) is 19.8 Å². The summed E-state index contributed by atoms with van der Waals surface area (Å²) in [5.74, 6) is -0.345. The normalized spacial score (nSPS) is 17.0. The Bertz CT molecular complexity index is 1280. The molecule has 1 aliphatic rings. The number of carbonyl (C=O) groups excluding carboxylic acids is 2. The molecule has 0 unspecified atom stereocenters.